The van der Waals surface area contributed by atoms with Gasteiger partial charge in [-0.15, -0.1) is 0 Å². The standard InChI is InChI=1S/C12H24N2O/c1-9-4-6-11(7-5-9)12(15)14(3)10(2)8-13/h9-11H,4-8,13H2,1-3H3. The maximum absolute atomic E-state index is 12.1. The summed E-state index contributed by atoms with van der Waals surface area (Å²) >= 11 is 0. The van der Waals surface area contributed by atoms with Crippen molar-refractivity contribution in [3.05, 3.63) is 0 Å². The lowest BCUT2D eigenvalue weighted by atomic mass is 9.82. The minimum atomic E-state index is 0.164. The van der Waals surface area contributed by atoms with E-state index >= 15 is 0 Å². The van der Waals surface area contributed by atoms with E-state index in [1.54, 1.807) is 0 Å². The van der Waals surface area contributed by atoms with Crippen molar-refractivity contribution in [2.75, 3.05) is 13.6 Å². The number of carbonyl (C=O) groups is 1. The Morgan fingerprint density at radius 3 is 2.40 bits per heavy atom. The number of hydrogen-bond acceptors (Lipinski definition) is 2. The summed E-state index contributed by atoms with van der Waals surface area (Å²) < 4.78 is 0. The molecule has 0 aliphatic heterocycles. The predicted octanol–water partition coefficient (Wildman–Crippen LogP) is 1.62. The van der Waals surface area contributed by atoms with Crippen LogP contribution < -0.4 is 5.73 Å². The van der Waals surface area contributed by atoms with Crippen LogP contribution in [0, 0.1) is 11.8 Å². The molecule has 0 bridgehead atoms. The molecule has 0 aromatic heterocycles. The molecule has 0 aromatic carbocycles. The highest BCUT2D eigenvalue weighted by atomic mass is 16.2. The summed E-state index contributed by atoms with van der Waals surface area (Å²) in [5, 5.41) is 0. The highest BCUT2D eigenvalue weighted by Crippen LogP contribution is 2.29. The number of amides is 1. The number of hydrogen-bond donors (Lipinski definition) is 1. The van der Waals surface area contributed by atoms with Crippen LogP contribution in [0.25, 0.3) is 0 Å². The monoisotopic (exact) mass is 212 g/mol. The van der Waals surface area contributed by atoms with Gasteiger partial charge in [-0.3, -0.25) is 4.79 Å². The van der Waals surface area contributed by atoms with E-state index in [-0.39, 0.29) is 12.0 Å². The lowest BCUT2D eigenvalue weighted by molar-refractivity contribution is -0.137. The van der Waals surface area contributed by atoms with Gasteiger partial charge in [-0.2, -0.15) is 0 Å². The summed E-state index contributed by atoms with van der Waals surface area (Å²) in [5.41, 5.74) is 5.57. The van der Waals surface area contributed by atoms with Crippen molar-refractivity contribution in [2.24, 2.45) is 17.6 Å². The summed E-state index contributed by atoms with van der Waals surface area (Å²) in [7, 11) is 1.87. The topological polar surface area (TPSA) is 46.3 Å². The van der Waals surface area contributed by atoms with Crippen LogP contribution in [0.5, 0.6) is 0 Å². The SMILES string of the molecule is CC1CCC(C(=O)N(C)C(C)CN)CC1. The first kappa shape index (κ1) is 12.5. The van der Waals surface area contributed by atoms with Gasteiger partial charge in [0.2, 0.25) is 5.91 Å². The number of nitrogens with two attached hydrogens (primary N) is 1. The molecule has 0 heterocycles. The number of nitrogens with zero attached hydrogens (tertiary/aromatic N) is 1. The van der Waals surface area contributed by atoms with E-state index in [9.17, 15) is 4.79 Å². The third-order valence-corrected chi connectivity index (χ3v) is 3.71. The molecule has 1 aliphatic rings. The summed E-state index contributed by atoms with van der Waals surface area (Å²) in [4.78, 5) is 13.9. The molecule has 3 heteroatoms. The van der Waals surface area contributed by atoms with E-state index in [1.807, 2.05) is 18.9 Å². The molecule has 1 saturated carbocycles. The highest BCUT2D eigenvalue weighted by molar-refractivity contribution is 5.78. The first-order valence-corrected chi connectivity index (χ1v) is 6.03. The largest absolute Gasteiger partial charge is 0.342 e. The maximum Gasteiger partial charge on any atom is 0.225 e. The zero-order chi connectivity index (χ0) is 11.4. The molecule has 1 fully saturated rings. The third kappa shape index (κ3) is 3.20. The van der Waals surface area contributed by atoms with Crippen LogP contribution in [0.2, 0.25) is 0 Å². The number of rotatable bonds is 3. The molecule has 0 radical (unpaired) electrons. The maximum atomic E-state index is 12.1. The number of likely N-dealkylation sites (N-methyl/N-ethyl adjacent to an activating group) is 1. The van der Waals surface area contributed by atoms with Crippen LogP contribution in [0.1, 0.15) is 39.5 Å². The zero-order valence-electron chi connectivity index (χ0n) is 10.2. The van der Waals surface area contributed by atoms with Gasteiger partial charge in [-0.25, -0.2) is 0 Å². The third-order valence-electron chi connectivity index (χ3n) is 3.71. The van der Waals surface area contributed by atoms with Gasteiger partial charge in [0.25, 0.3) is 0 Å². The van der Waals surface area contributed by atoms with Crippen molar-refractivity contribution in [2.45, 2.75) is 45.6 Å². The normalized spacial score (nSPS) is 28.5. The van der Waals surface area contributed by atoms with Gasteiger partial charge in [0, 0.05) is 25.6 Å². The lowest BCUT2D eigenvalue weighted by Crippen LogP contribution is -2.43. The Balaban J connectivity index is 2.46. The van der Waals surface area contributed by atoms with E-state index in [0.29, 0.717) is 12.5 Å². The van der Waals surface area contributed by atoms with E-state index in [0.717, 1.165) is 18.8 Å². The van der Waals surface area contributed by atoms with E-state index in [4.69, 9.17) is 5.73 Å². The van der Waals surface area contributed by atoms with Gasteiger partial charge >= 0.3 is 0 Å². The molecule has 3 nitrogen and oxygen atoms in total. The average molecular weight is 212 g/mol. The summed E-state index contributed by atoms with van der Waals surface area (Å²) in [6.07, 6.45) is 4.51. The van der Waals surface area contributed by atoms with Crippen molar-refractivity contribution in [3.63, 3.8) is 0 Å². The fraction of sp³-hybridized carbons (Fsp3) is 0.917. The smallest absolute Gasteiger partial charge is 0.225 e. The van der Waals surface area contributed by atoms with Gasteiger partial charge < -0.3 is 10.6 Å². The van der Waals surface area contributed by atoms with Gasteiger partial charge in [0.05, 0.1) is 0 Å². The lowest BCUT2D eigenvalue weighted by Gasteiger charge is -2.31. The van der Waals surface area contributed by atoms with Crippen molar-refractivity contribution >= 4 is 5.91 Å². The highest BCUT2D eigenvalue weighted by Gasteiger charge is 2.27. The van der Waals surface area contributed by atoms with Crippen molar-refractivity contribution in [1.29, 1.82) is 0 Å². The molecule has 88 valence electrons. The fourth-order valence-corrected chi connectivity index (χ4v) is 2.17. The van der Waals surface area contributed by atoms with Gasteiger partial charge in [0.1, 0.15) is 0 Å². The van der Waals surface area contributed by atoms with Crippen LogP contribution in [0.3, 0.4) is 0 Å². The quantitative estimate of drug-likeness (QED) is 0.772. The fourth-order valence-electron chi connectivity index (χ4n) is 2.17. The molecule has 0 spiro atoms. The first-order valence-electron chi connectivity index (χ1n) is 6.03. The number of carbonyl (C=O) groups excluding carboxylic acids is 1. The Morgan fingerprint density at radius 1 is 1.40 bits per heavy atom. The first-order chi connectivity index (χ1) is 7.06. The Hall–Kier alpha value is -0.570. The van der Waals surface area contributed by atoms with Gasteiger partial charge in [0.15, 0.2) is 0 Å². The second-order valence-electron chi connectivity index (χ2n) is 4.99. The van der Waals surface area contributed by atoms with Crippen LogP contribution in [-0.2, 0) is 4.79 Å². The minimum Gasteiger partial charge on any atom is -0.342 e. The van der Waals surface area contributed by atoms with Crippen molar-refractivity contribution in [1.82, 2.24) is 4.90 Å². The molecule has 15 heavy (non-hydrogen) atoms. The molecule has 1 amide bonds. The molecular formula is C12H24N2O. The molecular weight excluding hydrogens is 188 g/mol. The second-order valence-corrected chi connectivity index (χ2v) is 4.99. The molecule has 1 unspecified atom stereocenters. The summed E-state index contributed by atoms with van der Waals surface area (Å²) in [6.45, 7) is 4.82. The van der Waals surface area contributed by atoms with Crippen LogP contribution in [-0.4, -0.2) is 30.4 Å². The van der Waals surface area contributed by atoms with E-state index in [2.05, 4.69) is 6.92 Å². The Morgan fingerprint density at radius 2 is 1.93 bits per heavy atom. The Kier molecular flexibility index (Phi) is 4.58. The minimum absolute atomic E-state index is 0.164. The molecule has 0 aromatic rings. The van der Waals surface area contributed by atoms with Crippen LogP contribution >= 0.6 is 0 Å². The van der Waals surface area contributed by atoms with E-state index in [1.165, 1.54) is 12.8 Å². The van der Waals surface area contributed by atoms with Crippen LogP contribution in [0.15, 0.2) is 0 Å². The van der Waals surface area contributed by atoms with Gasteiger partial charge in [-0.1, -0.05) is 6.92 Å². The van der Waals surface area contributed by atoms with Crippen LogP contribution in [0.4, 0.5) is 0 Å². The summed E-state index contributed by atoms with van der Waals surface area (Å²) in [5.74, 6) is 1.34. The van der Waals surface area contributed by atoms with Gasteiger partial charge in [-0.05, 0) is 38.5 Å². The molecule has 2 N–H and O–H groups in total. The Bertz CT molecular complexity index is 210. The Labute approximate surface area is 93.0 Å². The average Bonchev–Trinajstić information content (AvgIpc) is 2.27. The van der Waals surface area contributed by atoms with Crippen molar-refractivity contribution in [3.8, 4) is 0 Å². The molecule has 1 rings (SSSR count). The van der Waals surface area contributed by atoms with Crippen molar-refractivity contribution < 1.29 is 4.79 Å². The molecule has 1 atom stereocenters. The predicted molar refractivity (Wildman–Crippen MR) is 62.4 cm³/mol. The summed E-state index contributed by atoms with van der Waals surface area (Å²) in [6, 6.07) is 0.164. The van der Waals surface area contributed by atoms with E-state index < -0.39 is 0 Å². The molecule has 0 saturated heterocycles. The molecule has 1 aliphatic carbocycles. The second kappa shape index (κ2) is 5.50. The zero-order valence-corrected chi connectivity index (χ0v) is 10.2.